The molecule has 0 unspecified atom stereocenters. The van der Waals surface area contributed by atoms with Gasteiger partial charge in [0.15, 0.2) is 0 Å². The van der Waals surface area contributed by atoms with Gasteiger partial charge in [0.2, 0.25) is 0 Å². The monoisotopic (exact) mass is 397 g/mol. The zero-order valence-electron chi connectivity index (χ0n) is 14.3. The number of carboxylic acids is 1. The van der Waals surface area contributed by atoms with Crippen LogP contribution >= 0.6 is 15.9 Å². The SMILES string of the molecule is CC(C)(C)OC(=O)N1CCC(Cc2ccccc2Br)(C(=O)O)CC1. The van der Waals surface area contributed by atoms with E-state index in [0.717, 1.165) is 10.0 Å². The lowest BCUT2D eigenvalue weighted by molar-refractivity contribution is -0.152. The highest BCUT2D eigenvalue weighted by Crippen LogP contribution is 2.37. The number of piperidine rings is 1. The van der Waals surface area contributed by atoms with Crippen LogP contribution < -0.4 is 0 Å². The maximum Gasteiger partial charge on any atom is 0.410 e. The fraction of sp³-hybridized carbons (Fsp3) is 0.556. The Bertz CT molecular complexity index is 616. The third kappa shape index (κ3) is 4.50. The Morgan fingerprint density at radius 1 is 1.25 bits per heavy atom. The Kier molecular flexibility index (Phi) is 5.58. The topological polar surface area (TPSA) is 66.8 Å². The molecule has 6 heteroatoms. The number of ether oxygens (including phenoxy) is 1. The molecule has 1 aliphatic rings. The van der Waals surface area contributed by atoms with Gasteiger partial charge in [-0.1, -0.05) is 34.1 Å². The average Bonchev–Trinajstić information content (AvgIpc) is 2.48. The van der Waals surface area contributed by atoms with E-state index in [4.69, 9.17) is 4.74 Å². The van der Waals surface area contributed by atoms with Crippen LogP contribution in [0.15, 0.2) is 28.7 Å². The second kappa shape index (κ2) is 7.13. The van der Waals surface area contributed by atoms with E-state index in [1.165, 1.54) is 0 Å². The van der Waals surface area contributed by atoms with Crippen molar-refractivity contribution >= 4 is 28.0 Å². The van der Waals surface area contributed by atoms with Crippen LogP contribution in [0.5, 0.6) is 0 Å². The standard InChI is InChI=1S/C18H24BrNO4/c1-17(2,3)24-16(23)20-10-8-18(9-11-20,15(21)22)12-13-6-4-5-7-14(13)19/h4-7H,8-12H2,1-3H3,(H,21,22). The van der Waals surface area contributed by atoms with Gasteiger partial charge in [-0.3, -0.25) is 4.79 Å². The van der Waals surface area contributed by atoms with E-state index in [1.807, 2.05) is 45.0 Å². The Morgan fingerprint density at radius 3 is 2.33 bits per heavy atom. The second-order valence-corrected chi connectivity index (χ2v) is 8.18. The van der Waals surface area contributed by atoms with Crippen molar-refractivity contribution in [1.29, 1.82) is 0 Å². The molecule has 1 amide bonds. The van der Waals surface area contributed by atoms with Gasteiger partial charge in [0, 0.05) is 17.6 Å². The molecular weight excluding hydrogens is 374 g/mol. The molecule has 0 saturated carbocycles. The van der Waals surface area contributed by atoms with E-state index in [1.54, 1.807) is 4.90 Å². The molecule has 1 saturated heterocycles. The summed E-state index contributed by atoms with van der Waals surface area (Å²) >= 11 is 3.49. The number of amides is 1. The highest BCUT2D eigenvalue weighted by molar-refractivity contribution is 9.10. The third-order valence-corrected chi connectivity index (χ3v) is 5.09. The predicted octanol–water partition coefficient (Wildman–Crippen LogP) is 4.09. The first kappa shape index (κ1) is 18.8. The van der Waals surface area contributed by atoms with Crippen molar-refractivity contribution in [2.75, 3.05) is 13.1 Å². The van der Waals surface area contributed by atoms with E-state index in [9.17, 15) is 14.7 Å². The highest BCUT2D eigenvalue weighted by Gasteiger charge is 2.43. The lowest BCUT2D eigenvalue weighted by Gasteiger charge is -2.39. The number of carbonyl (C=O) groups is 2. The van der Waals surface area contributed by atoms with Crippen LogP contribution in [0, 0.1) is 5.41 Å². The van der Waals surface area contributed by atoms with Gasteiger partial charge in [0.05, 0.1) is 5.41 Å². The zero-order chi connectivity index (χ0) is 18.0. The number of carbonyl (C=O) groups excluding carboxylic acids is 1. The van der Waals surface area contributed by atoms with Crippen LogP contribution in [0.3, 0.4) is 0 Å². The minimum absolute atomic E-state index is 0.373. The fourth-order valence-corrected chi connectivity index (χ4v) is 3.34. The Labute approximate surface area is 151 Å². The molecule has 1 N–H and O–H groups in total. The van der Waals surface area contributed by atoms with Crippen molar-refractivity contribution in [3.05, 3.63) is 34.3 Å². The molecule has 24 heavy (non-hydrogen) atoms. The minimum Gasteiger partial charge on any atom is -0.481 e. The maximum absolute atomic E-state index is 12.2. The molecule has 0 atom stereocenters. The first-order valence-electron chi connectivity index (χ1n) is 8.08. The normalized spacial score (nSPS) is 17.4. The Morgan fingerprint density at radius 2 is 1.83 bits per heavy atom. The molecule has 0 aromatic heterocycles. The van der Waals surface area contributed by atoms with Gasteiger partial charge in [0.25, 0.3) is 0 Å². The Balaban J connectivity index is 2.08. The summed E-state index contributed by atoms with van der Waals surface area (Å²) in [4.78, 5) is 25.7. The highest BCUT2D eigenvalue weighted by atomic mass is 79.9. The second-order valence-electron chi connectivity index (χ2n) is 7.32. The van der Waals surface area contributed by atoms with E-state index < -0.39 is 17.0 Å². The number of halogens is 1. The van der Waals surface area contributed by atoms with Crippen LogP contribution in [-0.4, -0.2) is 40.8 Å². The third-order valence-electron chi connectivity index (χ3n) is 4.31. The molecule has 1 aromatic carbocycles. The quantitative estimate of drug-likeness (QED) is 0.833. The number of rotatable bonds is 3. The number of carboxylic acid groups (broad SMARTS) is 1. The van der Waals surface area contributed by atoms with Gasteiger partial charge in [-0.2, -0.15) is 0 Å². The molecule has 2 rings (SSSR count). The van der Waals surface area contributed by atoms with E-state index in [0.29, 0.717) is 32.4 Å². The van der Waals surface area contributed by atoms with Gasteiger partial charge in [-0.25, -0.2) is 4.79 Å². The van der Waals surface area contributed by atoms with Gasteiger partial charge < -0.3 is 14.7 Å². The molecule has 0 spiro atoms. The van der Waals surface area contributed by atoms with Crippen molar-refractivity contribution in [2.24, 2.45) is 5.41 Å². The molecule has 1 heterocycles. The van der Waals surface area contributed by atoms with Crippen LogP contribution in [0.1, 0.15) is 39.2 Å². The van der Waals surface area contributed by atoms with Gasteiger partial charge >= 0.3 is 12.1 Å². The van der Waals surface area contributed by atoms with Crippen LogP contribution in [0.2, 0.25) is 0 Å². The number of nitrogens with zero attached hydrogens (tertiary/aromatic N) is 1. The van der Waals surface area contributed by atoms with Gasteiger partial charge in [-0.15, -0.1) is 0 Å². The molecule has 0 radical (unpaired) electrons. The molecular formula is C18H24BrNO4. The van der Waals surface area contributed by atoms with Crippen LogP contribution in [0.4, 0.5) is 4.79 Å². The Hall–Kier alpha value is -1.56. The van der Waals surface area contributed by atoms with Gasteiger partial charge in [0.1, 0.15) is 5.60 Å². The molecule has 0 bridgehead atoms. The van der Waals surface area contributed by atoms with E-state index in [2.05, 4.69) is 15.9 Å². The van der Waals surface area contributed by atoms with Crippen LogP contribution in [0.25, 0.3) is 0 Å². The molecule has 5 nitrogen and oxygen atoms in total. The van der Waals surface area contributed by atoms with Crippen molar-refractivity contribution in [3.63, 3.8) is 0 Å². The van der Waals surface area contributed by atoms with Crippen molar-refractivity contribution in [3.8, 4) is 0 Å². The maximum atomic E-state index is 12.2. The number of hydrogen-bond acceptors (Lipinski definition) is 3. The number of aliphatic carboxylic acids is 1. The number of benzene rings is 1. The molecule has 1 aromatic rings. The summed E-state index contributed by atoms with van der Waals surface area (Å²) in [7, 11) is 0. The summed E-state index contributed by atoms with van der Waals surface area (Å²) in [5, 5.41) is 9.80. The summed E-state index contributed by atoms with van der Waals surface area (Å²) in [6, 6.07) is 7.67. The summed E-state index contributed by atoms with van der Waals surface area (Å²) in [6.45, 7) is 6.26. The number of likely N-dealkylation sites (tertiary alicyclic amines) is 1. The first-order valence-corrected chi connectivity index (χ1v) is 8.87. The minimum atomic E-state index is -0.845. The first-order chi connectivity index (χ1) is 11.1. The van der Waals surface area contributed by atoms with Crippen molar-refractivity contribution in [2.45, 2.75) is 45.6 Å². The van der Waals surface area contributed by atoms with E-state index >= 15 is 0 Å². The van der Waals surface area contributed by atoms with E-state index in [-0.39, 0.29) is 6.09 Å². The lowest BCUT2D eigenvalue weighted by atomic mass is 9.74. The molecule has 132 valence electrons. The molecule has 1 aliphatic heterocycles. The van der Waals surface area contributed by atoms with Crippen molar-refractivity contribution in [1.82, 2.24) is 4.90 Å². The predicted molar refractivity (Wildman–Crippen MR) is 95.0 cm³/mol. The summed E-state index contributed by atoms with van der Waals surface area (Å²) in [5.74, 6) is -0.804. The fourth-order valence-electron chi connectivity index (χ4n) is 2.92. The molecule has 1 fully saturated rings. The average molecular weight is 398 g/mol. The van der Waals surface area contributed by atoms with Crippen molar-refractivity contribution < 1.29 is 19.4 Å². The summed E-state index contributed by atoms with van der Waals surface area (Å²) < 4.78 is 6.29. The lowest BCUT2D eigenvalue weighted by Crippen LogP contribution is -2.48. The summed E-state index contributed by atoms with van der Waals surface area (Å²) in [5.41, 5.74) is -0.416. The molecule has 0 aliphatic carbocycles. The van der Waals surface area contributed by atoms with Crippen LogP contribution in [-0.2, 0) is 16.0 Å². The van der Waals surface area contributed by atoms with Gasteiger partial charge in [-0.05, 0) is 51.7 Å². The zero-order valence-corrected chi connectivity index (χ0v) is 15.9. The largest absolute Gasteiger partial charge is 0.481 e. The number of hydrogen-bond donors (Lipinski definition) is 1. The summed E-state index contributed by atoms with van der Waals surface area (Å²) in [6.07, 6.45) is 0.917. The smallest absolute Gasteiger partial charge is 0.410 e.